The van der Waals surface area contributed by atoms with Gasteiger partial charge in [0.15, 0.2) is 5.76 Å². The van der Waals surface area contributed by atoms with Gasteiger partial charge in [-0.3, -0.25) is 9.10 Å². The van der Waals surface area contributed by atoms with Gasteiger partial charge in [-0.05, 0) is 19.1 Å². The summed E-state index contributed by atoms with van der Waals surface area (Å²) in [6, 6.07) is 12.8. The number of carbonyl (C=O) groups is 1. The number of fused-ring (bicyclic) bond motifs is 1. The second kappa shape index (κ2) is 5.24. The van der Waals surface area contributed by atoms with E-state index < -0.39 is 15.8 Å². The lowest BCUT2D eigenvalue weighted by atomic mass is 10.0. The smallest absolute Gasteiger partial charge is 0.265 e. The van der Waals surface area contributed by atoms with Crippen LogP contribution in [0.15, 0.2) is 59.1 Å². The molecular formula is C17H15NO4S. The summed E-state index contributed by atoms with van der Waals surface area (Å²) < 4.78 is 26.0. The van der Waals surface area contributed by atoms with Crippen LogP contribution in [0.25, 0.3) is 5.76 Å². The summed E-state index contributed by atoms with van der Waals surface area (Å²) in [5, 5.41) is 10.5. The minimum Gasteiger partial charge on any atom is -0.505 e. The van der Waals surface area contributed by atoms with E-state index in [9.17, 15) is 18.3 Å². The van der Waals surface area contributed by atoms with Crippen molar-refractivity contribution in [2.75, 3.05) is 7.05 Å². The van der Waals surface area contributed by atoms with Crippen molar-refractivity contribution in [3.05, 3.63) is 70.9 Å². The van der Waals surface area contributed by atoms with E-state index in [4.69, 9.17) is 0 Å². The van der Waals surface area contributed by atoms with Crippen molar-refractivity contribution in [1.29, 1.82) is 0 Å². The van der Waals surface area contributed by atoms with Crippen LogP contribution < -0.4 is 0 Å². The predicted octanol–water partition coefficient (Wildman–Crippen LogP) is 2.74. The molecule has 1 aliphatic rings. The van der Waals surface area contributed by atoms with Gasteiger partial charge in [-0.15, -0.1) is 0 Å². The number of ketones is 1. The molecule has 0 fully saturated rings. The van der Waals surface area contributed by atoms with Gasteiger partial charge in [0.2, 0.25) is 5.78 Å². The summed E-state index contributed by atoms with van der Waals surface area (Å²) in [5.74, 6) is -0.869. The van der Waals surface area contributed by atoms with Gasteiger partial charge in [0.1, 0.15) is 5.70 Å². The Kier molecular flexibility index (Phi) is 3.49. The van der Waals surface area contributed by atoms with Crippen LogP contribution in [0, 0.1) is 6.92 Å². The Morgan fingerprint density at radius 3 is 2.30 bits per heavy atom. The number of sulfonamides is 1. The first-order chi connectivity index (χ1) is 10.8. The molecule has 0 atom stereocenters. The van der Waals surface area contributed by atoms with Crippen molar-refractivity contribution in [1.82, 2.24) is 4.31 Å². The molecule has 1 aliphatic heterocycles. The monoisotopic (exact) mass is 329 g/mol. The number of aliphatic hydroxyl groups excluding tert-OH is 1. The normalized spacial score (nSPS) is 16.2. The number of aliphatic hydroxyl groups is 1. The van der Waals surface area contributed by atoms with Crippen molar-refractivity contribution in [3.63, 3.8) is 0 Å². The second-order valence-corrected chi connectivity index (χ2v) is 7.30. The maximum atomic E-state index is 12.7. The minimum atomic E-state index is -3.87. The fraction of sp³-hybridized carbons (Fsp3) is 0.118. The molecule has 23 heavy (non-hydrogen) atoms. The molecule has 2 aromatic carbocycles. The third kappa shape index (κ3) is 2.31. The molecule has 6 heteroatoms. The Balaban J connectivity index is 2.22. The van der Waals surface area contributed by atoms with Gasteiger partial charge in [0.05, 0.1) is 4.90 Å². The summed E-state index contributed by atoms with van der Waals surface area (Å²) in [7, 11) is -2.60. The zero-order valence-electron chi connectivity index (χ0n) is 12.6. The van der Waals surface area contributed by atoms with E-state index in [1.54, 1.807) is 36.4 Å². The van der Waals surface area contributed by atoms with Crippen LogP contribution in [-0.2, 0) is 10.0 Å². The molecule has 0 bridgehead atoms. The molecule has 0 radical (unpaired) electrons. The average molecular weight is 329 g/mol. The van der Waals surface area contributed by atoms with E-state index in [1.165, 1.54) is 19.2 Å². The minimum absolute atomic E-state index is 0.0135. The van der Waals surface area contributed by atoms with Gasteiger partial charge in [-0.2, -0.15) is 0 Å². The number of Topliss-reactive ketones (excluding diaryl/α,β-unsaturated/α-hetero) is 1. The van der Waals surface area contributed by atoms with Gasteiger partial charge < -0.3 is 5.11 Å². The molecule has 1 N–H and O–H groups in total. The molecule has 0 amide bonds. The summed E-state index contributed by atoms with van der Waals surface area (Å²) in [4.78, 5) is 12.7. The Bertz CT molecular complexity index is 927. The van der Waals surface area contributed by atoms with Gasteiger partial charge >= 0.3 is 0 Å². The van der Waals surface area contributed by atoms with Crippen molar-refractivity contribution in [3.8, 4) is 0 Å². The maximum absolute atomic E-state index is 12.7. The first-order valence-electron chi connectivity index (χ1n) is 6.97. The van der Waals surface area contributed by atoms with Crippen LogP contribution >= 0.6 is 0 Å². The van der Waals surface area contributed by atoms with Crippen molar-refractivity contribution < 1.29 is 18.3 Å². The topological polar surface area (TPSA) is 74.7 Å². The van der Waals surface area contributed by atoms with E-state index in [0.29, 0.717) is 5.56 Å². The number of benzene rings is 2. The highest BCUT2D eigenvalue weighted by Gasteiger charge is 2.37. The van der Waals surface area contributed by atoms with E-state index >= 15 is 0 Å². The number of hydrogen-bond acceptors (Lipinski definition) is 4. The Hall–Kier alpha value is -2.60. The first kappa shape index (κ1) is 15.3. The lowest BCUT2D eigenvalue weighted by molar-refractivity contribution is 0.101. The first-order valence-corrected chi connectivity index (χ1v) is 8.41. The van der Waals surface area contributed by atoms with Gasteiger partial charge in [-0.1, -0.05) is 42.0 Å². The maximum Gasteiger partial charge on any atom is 0.265 e. The van der Waals surface area contributed by atoms with E-state index in [0.717, 1.165) is 9.87 Å². The number of hydrogen-bond donors (Lipinski definition) is 1. The molecule has 2 aromatic rings. The van der Waals surface area contributed by atoms with Gasteiger partial charge in [0.25, 0.3) is 10.0 Å². The van der Waals surface area contributed by atoms with E-state index in [-0.39, 0.29) is 21.9 Å². The Labute approximate surface area is 134 Å². The number of allylic oxidation sites excluding steroid dienone is 1. The summed E-state index contributed by atoms with van der Waals surface area (Å²) in [6.45, 7) is 1.89. The fourth-order valence-electron chi connectivity index (χ4n) is 2.52. The fourth-order valence-corrected chi connectivity index (χ4v) is 3.92. The van der Waals surface area contributed by atoms with Crippen molar-refractivity contribution in [2.45, 2.75) is 11.8 Å². The van der Waals surface area contributed by atoms with Gasteiger partial charge in [0, 0.05) is 18.2 Å². The molecule has 3 rings (SSSR count). The number of nitrogens with zero attached hydrogens (tertiary/aromatic N) is 1. The summed E-state index contributed by atoms with van der Waals surface area (Å²) in [5.41, 5.74) is 1.20. The Morgan fingerprint density at radius 1 is 1.04 bits per heavy atom. The molecule has 0 unspecified atom stereocenters. The highest BCUT2D eigenvalue weighted by atomic mass is 32.2. The van der Waals surface area contributed by atoms with Crippen LogP contribution in [0.1, 0.15) is 21.5 Å². The SMILES string of the molecule is Cc1ccc(C(=O)C2=C(O)c3ccccc3S(=O)(=O)N2C)cc1. The number of carbonyl (C=O) groups excluding carboxylic acids is 1. The standard InChI is InChI=1S/C17H15NO4S/c1-11-7-9-12(10-8-11)16(19)15-17(20)13-5-3-4-6-14(13)23(21,22)18(15)2/h3-10,20H,1-2H3. The third-order valence-corrected chi connectivity index (χ3v) is 5.66. The zero-order chi connectivity index (χ0) is 16.8. The quantitative estimate of drug-likeness (QED) is 0.860. The van der Waals surface area contributed by atoms with Crippen LogP contribution in [0.3, 0.4) is 0 Å². The molecule has 5 nitrogen and oxygen atoms in total. The van der Waals surface area contributed by atoms with Crippen LogP contribution in [0.5, 0.6) is 0 Å². The lowest BCUT2D eigenvalue weighted by Gasteiger charge is -2.28. The van der Waals surface area contributed by atoms with Crippen molar-refractivity contribution in [2.24, 2.45) is 0 Å². The highest BCUT2D eigenvalue weighted by Crippen LogP contribution is 2.35. The van der Waals surface area contributed by atoms with Crippen LogP contribution in [0.4, 0.5) is 0 Å². The van der Waals surface area contributed by atoms with Gasteiger partial charge in [-0.25, -0.2) is 8.42 Å². The molecule has 1 heterocycles. The lowest BCUT2D eigenvalue weighted by Crippen LogP contribution is -2.35. The average Bonchev–Trinajstić information content (AvgIpc) is 2.54. The molecule has 0 saturated carbocycles. The van der Waals surface area contributed by atoms with Crippen molar-refractivity contribution >= 4 is 21.6 Å². The Morgan fingerprint density at radius 2 is 1.65 bits per heavy atom. The van der Waals surface area contributed by atoms with Crippen LogP contribution in [-0.4, -0.2) is 30.7 Å². The van der Waals surface area contributed by atoms with Crippen LogP contribution in [0.2, 0.25) is 0 Å². The van der Waals surface area contributed by atoms with E-state index in [1.807, 2.05) is 6.92 Å². The largest absolute Gasteiger partial charge is 0.505 e. The molecule has 0 spiro atoms. The summed E-state index contributed by atoms with van der Waals surface area (Å²) >= 11 is 0. The molecule has 0 aromatic heterocycles. The molecular weight excluding hydrogens is 314 g/mol. The number of aryl methyl sites for hydroxylation is 1. The number of rotatable bonds is 2. The van der Waals surface area contributed by atoms with E-state index in [2.05, 4.69) is 0 Å². The third-order valence-electron chi connectivity index (χ3n) is 3.85. The predicted molar refractivity (Wildman–Crippen MR) is 86.4 cm³/mol. The molecule has 118 valence electrons. The number of likely N-dealkylation sites (N-methyl/N-ethyl adjacent to an activating group) is 1. The summed E-state index contributed by atoms with van der Waals surface area (Å²) in [6.07, 6.45) is 0. The second-order valence-electron chi connectivity index (χ2n) is 5.36. The zero-order valence-corrected chi connectivity index (χ0v) is 13.5. The molecule has 0 saturated heterocycles. The molecule has 0 aliphatic carbocycles. The highest BCUT2D eigenvalue weighted by molar-refractivity contribution is 7.89.